The number of aliphatic hydroxyl groups is 1. The van der Waals surface area contributed by atoms with Crippen LogP contribution in [-0.4, -0.2) is 32.3 Å². The maximum atomic E-state index is 10.1. The van der Waals surface area contributed by atoms with Gasteiger partial charge in [-0.2, -0.15) is 0 Å². The van der Waals surface area contributed by atoms with Crippen molar-refractivity contribution in [3.63, 3.8) is 0 Å². The van der Waals surface area contributed by atoms with Gasteiger partial charge in [-0.3, -0.25) is 0 Å². The molecule has 0 spiro atoms. The number of nitrogens with zero attached hydrogens (tertiary/aromatic N) is 2. The van der Waals surface area contributed by atoms with Crippen LogP contribution < -0.4 is 5.73 Å². The number of hydrogen-bond donors (Lipinski definition) is 3. The third-order valence-corrected chi connectivity index (χ3v) is 4.73. The van der Waals surface area contributed by atoms with Crippen LogP contribution in [0.1, 0.15) is 0 Å². The van der Waals surface area contributed by atoms with Crippen LogP contribution in [-0.2, 0) is 6.54 Å². The average Bonchev–Trinajstić information content (AvgIpc) is 3.15. The van der Waals surface area contributed by atoms with E-state index >= 15 is 0 Å². The normalized spacial score (nSPS) is 13.0. The van der Waals surface area contributed by atoms with Gasteiger partial charge in [0.25, 0.3) is 0 Å². The lowest BCUT2D eigenvalue weighted by molar-refractivity contribution is 0.164. The number of aromatic amines is 1. The average molecular weight is 375 g/mol. The van der Waals surface area contributed by atoms with Crippen molar-refractivity contribution in [3.8, 4) is 11.4 Å². The predicted octanol–water partition coefficient (Wildman–Crippen LogP) is 3.81. The molecule has 0 amide bonds. The molecular weight excluding hydrogens is 359 g/mol. The fraction of sp³-hybridized carbons (Fsp3) is 0.167. The van der Waals surface area contributed by atoms with Gasteiger partial charge in [0.05, 0.1) is 23.7 Å². The summed E-state index contributed by atoms with van der Waals surface area (Å²) in [5.41, 5.74) is 9.15. The van der Waals surface area contributed by atoms with Crippen molar-refractivity contribution in [1.29, 1.82) is 0 Å². The molecule has 0 radical (unpaired) electrons. The van der Waals surface area contributed by atoms with Gasteiger partial charge in [0.15, 0.2) is 0 Å². The quantitative estimate of drug-likeness (QED) is 0.508. The molecule has 0 aliphatic carbocycles. The van der Waals surface area contributed by atoms with E-state index in [1.54, 1.807) is 0 Å². The highest BCUT2D eigenvalue weighted by molar-refractivity contribution is 6.31. The molecule has 1 atom stereocenters. The molecule has 2 aromatic carbocycles. The number of nitrogens with one attached hydrogen (secondary N) is 1. The molecule has 0 bridgehead atoms. The molecule has 2 aromatic heterocycles. The smallest absolute Gasteiger partial charge is 0.143 e. The van der Waals surface area contributed by atoms with Crippen LogP contribution in [0.4, 0.5) is 0 Å². The lowest BCUT2D eigenvalue weighted by Gasteiger charge is -2.13. The highest BCUT2D eigenvalue weighted by Crippen LogP contribution is 2.33. The number of halogens is 2. The molecule has 0 aliphatic rings. The van der Waals surface area contributed by atoms with Crippen LogP contribution in [0.3, 0.4) is 0 Å². The van der Waals surface area contributed by atoms with Crippen LogP contribution in [0, 0.1) is 0 Å². The number of fused-ring (bicyclic) bond motifs is 2. The summed E-state index contributed by atoms with van der Waals surface area (Å²) in [5, 5.41) is 12.3. The molecule has 7 heteroatoms. The summed E-state index contributed by atoms with van der Waals surface area (Å²) >= 11 is 12.3. The number of rotatable bonds is 4. The Kier molecular flexibility index (Phi) is 4.17. The second kappa shape index (κ2) is 6.35. The van der Waals surface area contributed by atoms with E-state index in [0.717, 1.165) is 33.3 Å². The van der Waals surface area contributed by atoms with Crippen molar-refractivity contribution in [3.05, 3.63) is 52.6 Å². The van der Waals surface area contributed by atoms with Crippen molar-refractivity contribution in [2.75, 3.05) is 6.54 Å². The Bertz CT molecular complexity index is 1070. The van der Waals surface area contributed by atoms with Crippen molar-refractivity contribution < 1.29 is 5.11 Å². The van der Waals surface area contributed by atoms with E-state index in [0.29, 0.717) is 16.6 Å². The molecule has 0 saturated carbocycles. The highest BCUT2D eigenvalue weighted by Gasteiger charge is 2.18. The number of H-pyrrole nitrogens is 1. The fourth-order valence-corrected chi connectivity index (χ4v) is 3.39. The van der Waals surface area contributed by atoms with Gasteiger partial charge in [0, 0.05) is 39.3 Å². The molecule has 0 fully saturated rings. The highest BCUT2D eigenvalue weighted by atomic mass is 35.5. The third kappa shape index (κ3) is 2.89. The lowest BCUT2D eigenvalue weighted by Crippen LogP contribution is -2.25. The van der Waals surface area contributed by atoms with E-state index in [-0.39, 0.29) is 6.54 Å². The summed E-state index contributed by atoms with van der Waals surface area (Å²) in [7, 11) is 0. The van der Waals surface area contributed by atoms with Gasteiger partial charge < -0.3 is 20.4 Å². The number of aromatic nitrogens is 3. The van der Waals surface area contributed by atoms with Crippen LogP contribution in [0.15, 0.2) is 42.6 Å². The molecule has 25 heavy (non-hydrogen) atoms. The number of imidazole rings is 1. The third-order valence-electron chi connectivity index (χ3n) is 4.26. The molecule has 2 heterocycles. The Morgan fingerprint density at radius 1 is 1.16 bits per heavy atom. The summed E-state index contributed by atoms with van der Waals surface area (Å²) in [6, 6.07) is 11.2. The first-order valence-corrected chi connectivity index (χ1v) is 8.63. The van der Waals surface area contributed by atoms with Crippen molar-refractivity contribution in [2.24, 2.45) is 5.73 Å². The number of nitrogens with two attached hydrogens (primary N) is 1. The predicted molar refractivity (Wildman–Crippen MR) is 102 cm³/mol. The molecule has 4 N–H and O–H groups in total. The van der Waals surface area contributed by atoms with Gasteiger partial charge in [-0.25, -0.2) is 4.98 Å². The minimum absolute atomic E-state index is 0.173. The second-order valence-corrected chi connectivity index (χ2v) is 6.83. The van der Waals surface area contributed by atoms with Crippen LogP contribution in [0.25, 0.3) is 33.3 Å². The summed E-state index contributed by atoms with van der Waals surface area (Å²) in [6.07, 6.45) is 1.23. The van der Waals surface area contributed by atoms with Crippen LogP contribution in [0.5, 0.6) is 0 Å². The van der Waals surface area contributed by atoms with E-state index < -0.39 is 6.10 Å². The zero-order valence-electron chi connectivity index (χ0n) is 13.2. The van der Waals surface area contributed by atoms with E-state index in [1.165, 1.54) is 0 Å². The monoisotopic (exact) mass is 374 g/mol. The molecule has 0 aliphatic heterocycles. The van der Waals surface area contributed by atoms with Crippen LogP contribution in [0.2, 0.25) is 10.0 Å². The van der Waals surface area contributed by atoms with Gasteiger partial charge in [0.1, 0.15) is 5.82 Å². The minimum Gasteiger partial charge on any atom is -0.390 e. The SMILES string of the molecule is NCC(O)Cn1c(-c2c[nH]c3ccc(Cl)cc23)nc2cc(Cl)ccc21. The molecule has 128 valence electrons. The Morgan fingerprint density at radius 2 is 1.92 bits per heavy atom. The Labute approximate surface area is 154 Å². The minimum atomic E-state index is -0.666. The Morgan fingerprint density at radius 3 is 2.72 bits per heavy atom. The molecule has 4 aromatic rings. The van der Waals surface area contributed by atoms with Gasteiger partial charge in [-0.05, 0) is 36.4 Å². The Hall–Kier alpha value is -2.05. The van der Waals surface area contributed by atoms with Gasteiger partial charge in [0.2, 0.25) is 0 Å². The first-order valence-electron chi connectivity index (χ1n) is 7.87. The summed E-state index contributed by atoms with van der Waals surface area (Å²) in [5.74, 6) is 0.735. The van der Waals surface area contributed by atoms with Crippen molar-refractivity contribution in [1.82, 2.24) is 14.5 Å². The standard InChI is InChI=1S/C18H16Cl2N4O/c19-10-1-3-15-13(5-10)14(8-22-15)18-23-16-6-11(20)2-4-17(16)24(18)9-12(25)7-21/h1-6,8,12,22,25H,7,9,21H2. The number of aliphatic hydroxyl groups excluding tert-OH is 1. The zero-order chi connectivity index (χ0) is 17.6. The first kappa shape index (κ1) is 16.4. The molecule has 4 rings (SSSR count). The van der Waals surface area contributed by atoms with E-state index in [4.69, 9.17) is 33.9 Å². The zero-order valence-corrected chi connectivity index (χ0v) is 14.7. The lowest BCUT2D eigenvalue weighted by atomic mass is 10.1. The number of benzene rings is 2. The molecule has 1 unspecified atom stereocenters. The summed E-state index contributed by atoms with van der Waals surface area (Å²) in [4.78, 5) is 7.99. The van der Waals surface area contributed by atoms with Crippen LogP contribution >= 0.6 is 23.2 Å². The molecule has 0 saturated heterocycles. The summed E-state index contributed by atoms with van der Waals surface area (Å²) < 4.78 is 1.96. The van der Waals surface area contributed by atoms with Gasteiger partial charge in [-0.15, -0.1) is 0 Å². The van der Waals surface area contributed by atoms with E-state index in [1.807, 2.05) is 47.2 Å². The number of hydrogen-bond acceptors (Lipinski definition) is 3. The second-order valence-electron chi connectivity index (χ2n) is 5.96. The Balaban J connectivity index is 1.98. The molecule has 5 nitrogen and oxygen atoms in total. The molecular formula is C18H16Cl2N4O. The first-order chi connectivity index (χ1) is 12.1. The topological polar surface area (TPSA) is 79.9 Å². The maximum absolute atomic E-state index is 10.1. The fourth-order valence-electron chi connectivity index (χ4n) is 3.06. The van der Waals surface area contributed by atoms with Gasteiger partial charge >= 0.3 is 0 Å². The maximum Gasteiger partial charge on any atom is 0.143 e. The van der Waals surface area contributed by atoms with Gasteiger partial charge in [-0.1, -0.05) is 23.2 Å². The largest absolute Gasteiger partial charge is 0.390 e. The van der Waals surface area contributed by atoms with E-state index in [2.05, 4.69) is 4.98 Å². The van der Waals surface area contributed by atoms with E-state index in [9.17, 15) is 5.11 Å². The van der Waals surface area contributed by atoms with Crippen molar-refractivity contribution in [2.45, 2.75) is 12.6 Å². The summed E-state index contributed by atoms with van der Waals surface area (Å²) in [6.45, 7) is 0.517. The van der Waals surface area contributed by atoms with Crippen molar-refractivity contribution >= 4 is 45.1 Å².